The molecule has 1 aliphatic rings. The number of halogens is 1. The second-order valence-electron chi connectivity index (χ2n) is 2.31. The summed E-state index contributed by atoms with van der Waals surface area (Å²) in [6.07, 6.45) is 4.24. The number of nitriles is 1. The molecule has 0 radical (unpaired) electrons. The summed E-state index contributed by atoms with van der Waals surface area (Å²) in [4.78, 5) is 10.4. The zero-order valence-corrected chi connectivity index (χ0v) is 5.70. The molecule has 3 heteroatoms. The minimum absolute atomic E-state index is 0.331. The number of rotatable bonds is 1. The quantitative estimate of drug-likeness (QED) is 0.527. The maximum absolute atomic E-state index is 12.9. The fourth-order valence-corrected chi connectivity index (χ4v) is 0.857. The SMILES string of the molecule is N#CC1(C=O)C=CC=CC1F. The van der Waals surface area contributed by atoms with E-state index < -0.39 is 11.6 Å². The Balaban J connectivity index is 3.03. The van der Waals surface area contributed by atoms with Crippen LogP contribution in [0.1, 0.15) is 0 Å². The number of alkyl halides is 1. The lowest BCUT2D eigenvalue weighted by molar-refractivity contribution is -0.113. The summed E-state index contributed by atoms with van der Waals surface area (Å²) in [7, 11) is 0. The fraction of sp³-hybridized carbons (Fsp3) is 0.250. The molecule has 0 aromatic rings. The third-order valence-electron chi connectivity index (χ3n) is 1.61. The molecule has 0 heterocycles. The molecule has 1 aliphatic carbocycles. The number of hydrogen-bond donors (Lipinski definition) is 0. The van der Waals surface area contributed by atoms with Gasteiger partial charge >= 0.3 is 0 Å². The Labute approximate surface area is 63.6 Å². The van der Waals surface area contributed by atoms with Crippen LogP contribution in [0.25, 0.3) is 0 Å². The highest BCUT2D eigenvalue weighted by Gasteiger charge is 2.36. The Bertz CT molecular complexity index is 264. The van der Waals surface area contributed by atoms with Crippen LogP contribution >= 0.6 is 0 Å². The van der Waals surface area contributed by atoms with E-state index in [0.717, 1.165) is 0 Å². The number of aldehydes is 1. The Morgan fingerprint density at radius 2 is 2.36 bits per heavy atom. The van der Waals surface area contributed by atoms with E-state index in [9.17, 15) is 9.18 Å². The van der Waals surface area contributed by atoms with Crippen LogP contribution in [0, 0.1) is 16.7 Å². The van der Waals surface area contributed by atoms with Crippen molar-refractivity contribution < 1.29 is 9.18 Å². The van der Waals surface area contributed by atoms with E-state index in [4.69, 9.17) is 5.26 Å². The molecular formula is C8H6FNO. The summed E-state index contributed by atoms with van der Waals surface area (Å²) in [6, 6.07) is 1.64. The molecule has 0 saturated carbocycles. The largest absolute Gasteiger partial charge is 0.301 e. The molecule has 11 heavy (non-hydrogen) atoms. The molecule has 2 unspecified atom stereocenters. The highest BCUT2D eigenvalue weighted by molar-refractivity contribution is 5.70. The van der Waals surface area contributed by atoms with Crippen LogP contribution in [0.3, 0.4) is 0 Å². The maximum Gasteiger partial charge on any atom is 0.165 e. The van der Waals surface area contributed by atoms with Crippen molar-refractivity contribution in [3.8, 4) is 6.07 Å². The smallest absolute Gasteiger partial charge is 0.165 e. The Morgan fingerprint density at radius 3 is 2.73 bits per heavy atom. The minimum atomic E-state index is -1.59. The van der Waals surface area contributed by atoms with E-state index in [1.807, 2.05) is 0 Å². The number of nitrogens with zero attached hydrogens (tertiary/aromatic N) is 1. The first kappa shape index (κ1) is 7.67. The summed E-state index contributed by atoms with van der Waals surface area (Å²) in [5, 5.41) is 8.51. The molecule has 0 aromatic carbocycles. The summed E-state index contributed by atoms with van der Waals surface area (Å²) in [6.45, 7) is 0. The van der Waals surface area contributed by atoms with E-state index >= 15 is 0 Å². The molecule has 0 amide bonds. The van der Waals surface area contributed by atoms with Crippen molar-refractivity contribution in [1.29, 1.82) is 5.26 Å². The Morgan fingerprint density at radius 1 is 1.64 bits per heavy atom. The van der Waals surface area contributed by atoms with Gasteiger partial charge in [0.25, 0.3) is 0 Å². The van der Waals surface area contributed by atoms with E-state index in [1.54, 1.807) is 6.07 Å². The number of allylic oxidation sites excluding steroid dienone is 4. The van der Waals surface area contributed by atoms with Crippen LogP contribution in [-0.4, -0.2) is 12.5 Å². The maximum atomic E-state index is 12.9. The average Bonchev–Trinajstić information content (AvgIpc) is 2.06. The lowest BCUT2D eigenvalue weighted by atomic mass is 9.83. The van der Waals surface area contributed by atoms with E-state index in [0.29, 0.717) is 6.29 Å². The van der Waals surface area contributed by atoms with Crippen LogP contribution in [-0.2, 0) is 4.79 Å². The van der Waals surface area contributed by atoms with Crippen molar-refractivity contribution in [3.63, 3.8) is 0 Å². The molecule has 1 rings (SSSR count). The second kappa shape index (κ2) is 2.67. The zero-order chi connectivity index (χ0) is 8.32. The first-order valence-electron chi connectivity index (χ1n) is 3.13. The number of hydrogen-bond acceptors (Lipinski definition) is 2. The van der Waals surface area contributed by atoms with Crippen molar-refractivity contribution in [1.82, 2.24) is 0 Å². The van der Waals surface area contributed by atoms with Crippen molar-refractivity contribution in [2.24, 2.45) is 5.41 Å². The third kappa shape index (κ3) is 1.07. The van der Waals surface area contributed by atoms with Crippen molar-refractivity contribution >= 4 is 6.29 Å². The van der Waals surface area contributed by atoms with Gasteiger partial charge in [0.2, 0.25) is 0 Å². The molecule has 0 bridgehead atoms. The molecular weight excluding hydrogens is 145 g/mol. The van der Waals surface area contributed by atoms with Crippen molar-refractivity contribution in [2.45, 2.75) is 6.17 Å². The first-order chi connectivity index (χ1) is 5.25. The minimum Gasteiger partial charge on any atom is -0.301 e. The third-order valence-corrected chi connectivity index (χ3v) is 1.61. The first-order valence-corrected chi connectivity index (χ1v) is 3.13. The fourth-order valence-electron chi connectivity index (χ4n) is 0.857. The summed E-state index contributed by atoms with van der Waals surface area (Å²) in [5.74, 6) is 0. The molecule has 0 saturated heterocycles. The van der Waals surface area contributed by atoms with Gasteiger partial charge in [-0.2, -0.15) is 5.26 Å². The Kier molecular flexibility index (Phi) is 1.86. The summed E-state index contributed by atoms with van der Waals surface area (Å²) in [5.41, 5.74) is -1.59. The molecule has 0 spiro atoms. The van der Waals surface area contributed by atoms with E-state index in [2.05, 4.69) is 0 Å². The van der Waals surface area contributed by atoms with E-state index in [-0.39, 0.29) is 0 Å². The highest BCUT2D eigenvalue weighted by atomic mass is 19.1. The molecule has 0 aliphatic heterocycles. The van der Waals surface area contributed by atoms with Gasteiger partial charge < -0.3 is 4.79 Å². The lowest BCUT2D eigenvalue weighted by Gasteiger charge is -2.19. The zero-order valence-electron chi connectivity index (χ0n) is 5.70. The van der Waals surface area contributed by atoms with Gasteiger partial charge in [0.1, 0.15) is 12.5 Å². The molecule has 2 nitrogen and oxygen atoms in total. The van der Waals surface area contributed by atoms with Crippen molar-refractivity contribution in [3.05, 3.63) is 24.3 Å². The number of carbonyl (C=O) groups is 1. The highest BCUT2D eigenvalue weighted by Crippen LogP contribution is 2.27. The van der Waals surface area contributed by atoms with Crippen LogP contribution in [0.5, 0.6) is 0 Å². The van der Waals surface area contributed by atoms with Crippen molar-refractivity contribution in [2.75, 3.05) is 0 Å². The normalized spacial score (nSPS) is 34.7. The molecule has 2 atom stereocenters. The van der Waals surface area contributed by atoms with Gasteiger partial charge in [0, 0.05) is 0 Å². The summed E-state index contributed by atoms with van der Waals surface area (Å²) >= 11 is 0. The molecule has 0 aromatic heterocycles. The monoisotopic (exact) mass is 151 g/mol. The van der Waals surface area contributed by atoms with Crippen LogP contribution in [0.15, 0.2) is 24.3 Å². The standard InChI is InChI=1S/C8H6FNO/c9-7-3-1-2-4-8(7,5-10)6-11/h1-4,6-7H. The molecule has 0 fully saturated rings. The van der Waals surface area contributed by atoms with Gasteiger partial charge in [-0.05, 0) is 6.08 Å². The number of carbonyl (C=O) groups excluding carboxylic acids is 1. The van der Waals surface area contributed by atoms with Gasteiger partial charge in [-0.15, -0.1) is 0 Å². The lowest BCUT2D eigenvalue weighted by Crippen LogP contribution is -2.30. The van der Waals surface area contributed by atoms with Gasteiger partial charge in [0.05, 0.1) is 6.07 Å². The van der Waals surface area contributed by atoms with E-state index in [1.165, 1.54) is 24.3 Å². The van der Waals surface area contributed by atoms with Crippen LogP contribution in [0.4, 0.5) is 4.39 Å². The average molecular weight is 151 g/mol. The molecule has 0 N–H and O–H groups in total. The van der Waals surface area contributed by atoms with Gasteiger partial charge in [-0.25, -0.2) is 4.39 Å². The Hall–Kier alpha value is -1.43. The van der Waals surface area contributed by atoms with Gasteiger partial charge in [0.15, 0.2) is 5.41 Å². The van der Waals surface area contributed by atoms with Gasteiger partial charge in [-0.1, -0.05) is 18.2 Å². The van der Waals surface area contributed by atoms with Gasteiger partial charge in [-0.3, -0.25) is 0 Å². The predicted molar refractivity (Wildman–Crippen MR) is 37.3 cm³/mol. The van der Waals surface area contributed by atoms with Crippen LogP contribution < -0.4 is 0 Å². The second-order valence-corrected chi connectivity index (χ2v) is 2.31. The summed E-state index contributed by atoms with van der Waals surface area (Å²) < 4.78 is 12.9. The predicted octanol–water partition coefficient (Wildman–Crippen LogP) is 1.16. The molecule has 56 valence electrons. The van der Waals surface area contributed by atoms with Crippen LogP contribution in [0.2, 0.25) is 0 Å². The topological polar surface area (TPSA) is 40.9 Å².